The van der Waals surface area contributed by atoms with Crippen LogP contribution < -0.4 is 9.64 Å². The first-order valence-electron chi connectivity index (χ1n) is 7.82. The van der Waals surface area contributed by atoms with Crippen LogP contribution in [0.4, 0.5) is 16.5 Å². The number of rotatable bonds is 6. The summed E-state index contributed by atoms with van der Waals surface area (Å²) in [7, 11) is 0. The lowest BCUT2D eigenvalue weighted by atomic mass is 10.3. The highest BCUT2D eigenvalue weighted by molar-refractivity contribution is 7.14. The first kappa shape index (κ1) is 18.8. The molecule has 3 rings (SSSR count). The first-order chi connectivity index (χ1) is 12.9. The van der Waals surface area contributed by atoms with Crippen LogP contribution >= 0.6 is 22.9 Å². The van der Waals surface area contributed by atoms with Crippen LogP contribution in [-0.4, -0.2) is 15.8 Å². The summed E-state index contributed by atoms with van der Waals surface area (Å²) in [4.78, 5) is 28.2. The van der Waals surface area contributed by atoms with E-state index in [9.17, 15) is 14.9 Å². The number of nitro groups is 1. The number of non-ortho nitro benzene ring substituents is 1. The largest absolute Gasteiger partial charge is 0.487 e. The van der Waals surface area contributed by atoms with Crippen molar-refractivity contribution >= 4 is 45.4 Å². The third-order valence-corrected chi connectivity index (χ3v) is 4.66. The fourth-order valence-electron chi connectivity index (χ4n) is 2.33. The van der Waals surface area contributed by atoms with Crippen molar-refractivity contribution < 1.29 is 14.5 Å². The predicted molar refractivity (Wildman–Crippen MR) is 104 cm³/mol. The first-order valence-corrected chi connectivity index (χ1v) is 9.08. The summed E-state index contributed by atoms with van der Waals surface area (Å²) >= 11 is 7.33. The number of nitrogens with zero attached hydrogens (tertiary/aromatic N) is 3. The van der Waals surface area contributed by atoms with Crippen molar-refractivity contribution in [1.82, 2.24) is 4.98 Å². The number of nitro benzene ring substituents is 1. The number of carbonyl (C=O) groups is 1. The topological polar surface area (TPSA) is 85.6 Å². The Morgan fingerprint density at radius 1 is 1.30 bits per heavy atom. The maximum Gasteiger partial charge on any atom is 0.269 e. The van der Waals surface area contributed by atoms with Crippen LogP contribution in [-0.2, 0) is 11.4 Å². The number of aromatic nitrogens is 1. The Morgan fingerprint density at radius 3 is 2.67 bits per heavy atom. The van der Waals surface area contributed by atoms with Gasteiger partial charge in [-0.2, -0.15) is 0 Å². The SMILES string of the molecule is CC(=O)N(c1cccc(Cl)c1)c1nc(COc2ccc([N+](=O)[O-])cc2)cs1. The van der Waals surface area contributed by atoms with Crippen molar-refractivity contribution in [1.29, 1.82) is 0 Å². The quantitative estimate of drug-likeness (QED) is 0.428. The van der Waals surface area contributed by atoms with E-state index in [0.717, 1.165) is 0 Å². The fraction of sp³-hybridized carbons (Fsp3) is 0.111. The summed E-state index contributed by atoms with van der Waals surface area (Å²) in [6, 6.07) is 12.8. The summed E-state index contributed by atoms with van der Waals surface area (Å²) in [5.41, 5.74) is 1.27. The maximum absolute atomic E-state index is 12.1. The molecule has 7 nitrogen and oxygen atoms in total. The lowest BCUT2D eigenvalue weighted by Crippen LogP contribution is -2.22. The zero-order valence-electron chi connectivity index (χ0n) is 14.2. The van der Waals surface area contributed by atoms with Crippen LogP contribution in [0.3, 0.4) is 0 Å². The summed E-state index contributed by atoms with van der Waals surface area (Å²) in [5, 5.41) is 13.5. The second kappa shape index (κ2) is 8.15. The second-order valence-corrected chi connectivity index (χ2v) is 6.77. The van der Waals surface area contributed by atoms with Crippen LogP contribution in [0.1, 0.15) is 12.6 Å². The van der Waals surface area contributed by atoms with Crippen molar-refractivity contribution in [3.05, 3.63) is 74.7 Å². The van der Waals surface area contributed by atoms with Gasteiger partial charge in [0.15, 0.2) is 5.13 Å². The number of hydrogen-bond acceptors (Lipinski definition) is 6. The van der Waals surface area contributed by atoms with Gasteiger partial charge in [0.25, 0.3) is 5.69 Å². The summed E-state index contributed by atoms with van der Waals surface area (Å²) in [6.07, 6.45) is 0. The fourth-order valence-corrected chi connectivity index (χ4v) is 3.38. The van der Waals surface area contributed by atoms with Crippen molar-refractivity contribution in [2.24, 2.45) is 0 Å². The van der Waals surface area contributed by atoms with Crippen LogP contribution in [0.2, 0.25) is 5.02 Å². The minimum absolute atomic E-state index is 0.00286. The van der Waals surface area contributed by atoms with Crippen molar-refractivity contribution in [3.8, 4) is 5.75 Å². The van der Waals surface area contributed by atoms with E-state index >= 15 is 0 Å². The molecule has 0 bridgehead atoms. The molecule has 0 radical (unpaired) electrons. The molecule has 0 atom stereocenters. The van der Waals surface area contributed by atoms with E-state index in [1.807, 2.05) is 0 Å². The van der Waals surface area contributed by atoms with Gasteiger partial charge in [-0.15, -0.1) is 11.3 Å². The molecule has 2 aromatic carbocycles. The second-order valence-electron chi connectivity index (χ2n) is 5.50. The van der Waals surface area contributed by atoms with Crippen molar-refractivity contribution in [3.63, 3.8) is 0 Å². The number of carbonyl (C=O) groups excluding carboxylic acids is 1. The Labute approximate surface area is 163 Å². The molecule has 0 saturated heterocycles. The van der Waals surface area contributed by atoms with E-state index in [1.165, 1.54) is 47.4 Å². The number of anilines is 2. The number of ether oxygens (including phenoxy) is 1. The molecule has 138 valence electrons. The molecule has 0 unspecified atom stereocenters. The van der Waals surface area contributed by atoms with Crippen LogP contribution in [0, 0.1) is 10.1 Å². The molecule has 0 saturated carbocycles. The molecule has 27 heavy (non-hydrogen) atoms. The molecule has 1 aromatic heterocycles. The number of halogens is 1. The Bertz CT molecular complexity index is 975. The molecular weight excluding hydrogens is 390 g/mol. The molecule has 1 amide bonds. The summed E-state index contributed by atoms with van der Waals surface area (Å²) in [5.74, 6) is 0.308. The zero-order valence-corrected chi connectivity index (χ0v) is 15.7. The average Bonchev–Trinajstić information content (AvgIpc) is 3.08. The van der Waals surface area contributed by atoms with Crippen LogP contribution in [0.15, 0.2) is 53.9 Å². The highest BCUT2D eigenvalue weighted by atomic mass is 35.5. The number of amides is 1. The third-order valence-electron chi connectivity index (χ3n) is 3.55. The van der Waals surface area contributed by atoms with E-state index < -0.39 is 4.92 Å². The van der Waals surface area contributed by atoms with Crippen LogP contribution in [0.5, 0.6) is 5.75 Å². The van der Waals surface area contributed by atoms with Gasteiger partial charge in [0.1, 0.15) is 12.4 Å². The van der Waals surface area contributed by atoms with Gasteiger partial charge in [0.05, 0.1) is 16.3 Å². The Kier molecular flexibility index (Phi) is 5.68. The lowest BCUT2D eigenvalue weighted by molar-refractivity contribution is -0.384. The standard InChI is InChI=1S/C18H14ClN3O4S/c1-12(23)21(16-4-2-3-13(19)9-16)18-20-14(11-27-18)10-26-17-7-5-15(6-8-17)22(24)25/h2-9,11H,10H2,1H3. The highest BCUT2D eigenvalue weighted by Gasteiger charge is 2.18. The normalized spacial score (nSPS) is 10.4. The van der Waals surface area contributed by atoms with E-state index in [2.05, 4.69) is 4.98 Å². The third kappa shape index (κ3) is 4.60. The molecule has 3 aromatic rings. The summed E-state index contributed by atoms with van der Waals surface area (Å²) < 4.78 is 5.60. The lowest BCUT2D eigenvalue weighted by Gasteiger charge is -2.18. The predicted octanol–water partition coefficient (Wildman–Crippen LogP) is 4.97. The van der Waals surface area contributed by atoms with Gasteiger partial charge in [0.2, 0.25) is 5.91 Å². The number of hydrogen-bond donors (Lipinski definition) is 0. The molecule has 0 aliphatic rings. The molecular formula is C18H14ClN3O4S. The maximum atomic E-state index is 12.1. The van der Waals surface area contributed by atoms with E-state index in [0.29, 0.717) is 27.3 Å². The zero-order chi connectivity index (χ0) is 19.4. The molecule has 1 heterocycles. The number of thiazole rings is 1. The minimum atomic E-state index is -0.470. The van der Waals surface area contributed by atoms with E-state index in [1.54, 1.807) is 29.6 Å². The monoisotopic (exact) mass is 403 g/mol. The van der Waals surface area contributed by atoms with Gasteiger partial charge in [-0.25, -0.2) is 4.98 Å². The molecule has 0 spiro atoms. The van der Waals surface area contributed by atoms with Crippen LogP contribution in [0.25, 0.3) is 0 Å². The van der Waals surface area contributed by atoms with Crippen molar-refractivity contribution in [2.45, 2.75) is 13.5 Å². The van der Waals surface area contributed by atoms with Gasteiger partial charge in [0, 0.05) is 29.5 Å². The molecule has 0 aliphatic heterocycles. The molecule has 0 fully saturated rings. The molecule has 0 N–H and O–H groups in total. The number of benzene rings is 2. The molecule has 9 heteroatoms. The van der Waals surface area contributed by atoms with Crippen molar-refractivity contribution in [2.75, 3.05) is 4.90 Å². The smallest absolute Gasteiger partial charge is 0.269 e. The Hall–Kier alpha value is -2.97. The van der Waals surface area contributed by atoms with Gasteiger partial charge in [-0.3, -0.25) is 19.8 Å². The van der Waals surface area contributed by atoms with Gasteiger partial charge < -0.3 is 4.74 Å². The van der Waals surface area contributed by atoms with E-state index in [-0.39, 0.29) is 18.2 Å². The van der Waals surface area contributed by atoms with E-state index in [4.69, 9.17) is 16.3 Å². The van der Waals surface area contributed by atoms with Gasteiger partial charge in [-0.1, -0.05) is 17.7 Å². The Balaban J connectivity index is 1.73. The minimum Gasteiger partial charge on any atom is -0.487 e. The average molecular weight is 404 g/mol. The molecule has 0 aliphatic carbocycles. The Morgan fingerprint density at radius 2 is 2.04 bits per heavy atom. The van der Waals surface area contributed by atoms with Gasteiger partial charge >= 0.3 is 0 Å². The summed E-state index contributed by atoms with van der Waals surface area (Å²) in [6.45, 7) is 1.63. The highest BCUT2D eigenvalue weighted by Crippen LogP contribution is 2.30. The van der Waals surface area contributed by atoms with Gasteiger partial charge in [-0.05, 0) is 30.3 Å².